The maximum atomic E-state index is 5.82. The minimum Gasteiger partial charge on any atom is -0.490 e. The van der Waals surface area contributed by atoms with Gasteiger partial charge in [0.25, 0.3) is 0 Å². The maximum absolute atomic E-state index is 5.82. The van der Waals surface area contributed by atoms with E-state index in [2.05, 4.69) is 16.4 Å². The maximum Gasteiger partial charge on any atom is 0.165 e. The summed E-state index contributed by atoms with van der Waals surface area (Å²) in [6.07, 6.45) is 5.59. The predicted octanol–water partition coefficient (Wildman–Crippen LogP) is 2.58. The van der Waals surface area contributed by atoms with Crippen molar-refractivity contribution >= 4 is 0 Å². The number of pyridine rings is 1. The number of benzene rings is 1. The minimum atomic E-state index is 0.723. The van der Waals surface area contributed by atoms with Gasteiger partial charge in [-0.25, -0.2) is 0 Å². The predicted molar refractivity (Wildman–Crippen MR) is 81.7 cm³/mol. The molecule has 2 heterocycles. The Hall–Kier alpha value is -2.07. The normalized spacial score (nSPS) is 13.7. The van der Waals surface area contributed by atoms with Crippen molar-refractivity contribution in [3.8, 4) is 11.5 Å². The lowest BCUT2D eigenvalue weighted by Crippen LogP contribution is -2.17. The molecule has 2 aromatic rings. The second-order valence-electron chi connectivity index (χ2n) is 5.08. The van der Waals surface area contributed by atoms with Crippen LogP contribution >= 0.6 is 0 Å². The highest BCUT2D eigenvalue weighted by Crippen LogP contribution is 2.33. The Morgan fingerprint density at radius 3 is 2.81 bits per heavy atom. The van der Waals surface area contributed by atoms with Crippen LogP contribution in [0.15, 0.2) is 42.7 Å². The smallest absolute Gasteiger partial charge is 0.165 e. The molecule has 4 heteroatoms. The SMILES string of the molecule is c1cc(CNCCc2ccncc2)c2c(c1)OCCCO2. The molecule has 0 spiro atoms. The Balaban J connectivity index is 1.56. The van der Waals surface area contributed by atoms with E-state index in [4.69, 9.17) is 9.47 Å². The fourth-order valence-corrected chi connectivity index (χ4v) is 2.40. The van der Waals surface area contributed by atoms with Gasteiger partial charge in [0.15, 0.2) is 11.5 Å². The summed E-state index contributed by atoms with van der Waals surface area (Å²) in [6.45, 7) is 3.17. The molecule has 1 aromatic carbocycles. The lowest BCUT2D eigenvalue weighted by atomic mass is 10.1. The minimum absolute atomic E-state index is 0.723. The number of hydrogen-bond acceptors (Lipinski definition) is 4. The summed E-state index contributed by atoms with van der Waals surface area (Å²) in [4.78, 5) is 4.03. The van der Waals surface area contributed by atoms with Crippen molar-refractivity contribution in [3.05, 3.63) is 53.9 Å². The van der Waals surface area contributed by atoms with Crippen molar-refractivity contribution in [1.29, 1.82) is 0 Å². The Morgan fingerprint density at radius 2 is 1.90 bits per heavy atom. The molecule has 0 radical (unpaired) electrons. The van der Waals surface area contributed by atoms with Crippen LogP contribution in [-0.2, 0) is 13.0 Å². The summed E-state index contributed by atoms with van der Waals surface area (Å²) in [5.41, 5.74) is 2.45. The fourth-order valence-electron chi connectivity index (χ4n) is 2.40. The monoisotopic (exact) mass is 284 g/mol. The number of ether oxygens (including phenoxy) is 2. The molecule has 0 amide bonds. The highest BCUT2D eigenvalue weighted by molar-refractivity contribution is 5.47. The molecule has 21 heavy (non-hydrogen) atoms. The molecule has 0 unspecified atom stereocenters. The van der Waals surface area contributed by atoms with Gasteiger partial charge in [0.05, 0.1) is 13.2 Å². The molecular weight excluding hydrogens is 264 g/mol. The van der Waals surface area contributed by atoms with E-state index in [9.17, 15) is 0 Å². The average molecular weight is 284 g/mol. The van der Waals surface area contributed by atoms with Gasteiger partial charge in [0.2, 0.25) is 0 Å². The topological polar surface area (TPSA) is 43.4 Å². The summed E-state index contributed by atoms with van der Waals surface area (Å²) in [5.74, 6) is 1.76. The van der Waals surface area contributed by atoms with Crippen LogP contribution in [0.2, 0.25) is 0 Å². The molecule has 0 aliphatic carbocycles. The van der Waals surface area contributed by atoms with E-state index in [0.717, 1.165) is 56.2 Å². The van der Waals surface area contributed by atoms with Crippen molar-refractivity contribution in [3.63, 3.8) is 0 Å². The summed E-state index contributed by atoms with van der Waals surface area (Å²) >= 11 is 0. The van der Waals surface area contributed by atoms with Gasteiger partial charge in [-0.15, -0.1) is 0 Å². The summed E-state index contributed by atoms with van der Waals surface area (Å²) < 4.78 is 11.5. The zero-order valence-electron chi connectivity index (χ0n) is 12.0. The van der Waals surface area contributed by atoms with E-state index in [1.807, 2.05) is 36.7 Å². The molecule has 0 saturated heterocycles. The lowest BCUT2D eigenvalue weighted by Gasteiger charge is -2.13. The fraction of sp³-hybridized carbons (Fsp3) is 0.353. The van der Waals surface area contributed by atoms with E-state index in [1.54, 1.807) is 0 Å². The highest BCUT2D eigenvalue weighted by Gasteiger charge is 2.13. The van der Waals surface area contributed by atoms with Crippen molar-refractivity contribution < 1.29 is 9.47 Å². The van der Waals surface area contributed by atoms with Gasteiger partial charge in [0.1, 0.15) is 0 Å². The standard InChI is InChI=1S/C17H20N2O2/c1-3-15(17-16(4-1)20-11-2-12-21-17)13-19-10-7-14-5-8-18-9-6-14/h1,3-6,8-9,19H,2,7,10-13H2. The molecule has 1 aromatic heterocycles. The molecule has 3 rings (SSSR count). The number of fused-ring (bicyclic) bond motifs is 1. The van der Waals surface area contributed by atoms with Crippen LogP contribution in [0.1, 0.15) is 17.5 Å². The molecule has 0 saturated carbocycles. The van der Waals surface area contributed by atoms with Crippen LogP contribution in [0.3, 0.4) is 0 Å². The van der Waals surface area contributed by atoms with E-state index in [0.29, 0.717) is 0 Å². The molecule has 1 aliphatic heterocycles. The number of aromatic nitrogens is 1. The van der Waals surface area contributed by atoms with Gasteiger partial charge < -0.3 is 14.8 Å². The second kappa shape index (κ2) is 7.09. The Kier molecular flexibility index (Phi) is 4.69. The van der Waals surface area contributed by atoms with Crippen LogP contribution in [0.5, 0.6) is 11.5 Å². The quantitative estimate of drug-likeness (QED) is 0.857. The molecule has 0 bridgehead atoms. The summed E-state index contributed by atoms with van der Waals surface area (Å²) in [6, 6.07) is 10.2. The van der Waals surface area contributed by atoms with Crippen LogP contribution in [0, 0.1) is 0 Å². The van der Waals surface area contributed by atoms with Crippen LogP contribution < -0.4 is 14.8 Å². The molecule has 1 aliphatic rings. The van der Waals surface area contributed by atoms with Crippen LogP contribution in [0.25, 0.3) is 0 Å². The number of rotatable bonds is 5. The zero-order valence-corrected chi connectivity index (χ0v) is 12.0. The highest BCUT2D eigenvalue weighted by atomic mass is 16.5. The van der Waals surface area contributed by atoms with Gasteiger partial charge in [-0.3, -0.25) is 4.98 Å². The second-order valence-corrected chi connectivity index (χ2v) is 5.08. The lowest BCUT2D eigenvalue weighted by molar-refractivity contribution is 0.296. The first-order valence-corrected chi connectivity index (χ1v) is 7.40. The van der Waals surface area contributed by atoms with Gasteiger partial charge in [-0.1, -0.05) is 12.1 Å². The van der Waals surface area contributed by atoms with E-state index >= 15 is 0 Å². The largest absolute Gasteiger partial charge is 0.490 e. The van der Waals surface area contributed by atoms with Crippen LogP contribution in [0.4, 0.5) is 0 Å². The number of nitrogens with one attached hydrogen (secondary N) is 1. The first-order valence-electron chi connectivity index (χ1n) is 7.40. The summed E-state index contributed by atoms with van der Waals surface area (Å²) in [7, 11) is 0. The van der Waals surface area contributed by atoms with Crippen molar-refractivity contribution in [2.24, 2.45) is 0 Å². The number of nitrogens with zero attached hydrogens (tertiary/aromatic N) is 1. The van der Waals surface area contributed by atoms with Crippen molar-refractivity contribution in [1.82, 2.24) is 10.3 Å². The van der Waals surface area contributed by atoms with Crippen LogP contribution in [-0.4, -0.2) is 24.7 Å². The number of para-hydroxylation sites is 1. The zero-order chi connectivity index (χ0) is 14.3. The Morgan fingerprint density at radius 1 is 1.05 bits per heavy atom. The van der Waals surface area contributed by atoms with E-state index in [-0.39, 0.29) is 0 Å². The molecular formula is C17H20N2O2. The first kappa shape index (κ1) is 13.9. The Bertz CT molecular complexity index is 572. The molecule has 1 N–H and O–H groups in total. The molecule has 4 nitrogen and oxygen atoms in total. The van der Waals surface area contributed by atoms with Gasteiger partial charge in [-0.2, -0.15) is 0 Å². The van der Waals surface area contributed by atoms with E-state index in [1.165, 1.54) is 5.56 Å². The third-order valence-electron chi connectivity index (χ3n) is 3.51. The molecule has 0 atom stereocenters. The average Bonchev–Trinajstić information content (AvgIpc) is 2.78. The molecule has 0 fully saturated rings. The van der Waals surface area contributed by atoms with Crippen molar-refractivity contribution in [2.45, 2.75) is 19.4 Å². The summed E-state index contributed by atoms with van der Waals surface area (Å²) in [5, 5.41) is 3.46. The van der Waals surface area contributed by atoms with Gasteiger partial charge >= 0.3 is 0 Å². The van der Waals surface area contributed by atoms with Gasteiger partial charge in [0, 0.05) is 30.9 Å². The molecule has 110 valence electrons. The van der Waals surface area contributed by atoms with Gasteiger partial charge in [-0.05, 0) is 36.7 Å². The third-order valence-corrected chi connectivity index (χ3v) is 3.51. The number of hydrogen-bond donors (Lipinski definition) is 1. The Labute approximate surface area is 125 Å². The van der Waals surface area contributed by atoms with Crippen molar-refractivity contribution in [2.75, 3.05) is 19.8 Å². The third kappa shape index (κ3) is 3.73. The first-order chi connectivity index (χ1) is 10.4. The van der Waals surface area contributed by atoms with E-state index < -0.39 is 0 Å².